The van der Waals surface area contributed by atoms with Crippen LogP contribution in [-0.4, -0.2) is 22.6 Å². The first-order valence-corrected chi connectivity index (χ1v) is 7.71. The van der Waals surface area contributed by atoms with Gasteiger partial charge in [-0.2, -0.15) is 0 Å². The fourth-order valence-corrected chi connectivity index (χ4v) is 3.14. The summed E-state index contributed by atoms with van der Waals surface area (Å²) in [4.78, 5) is 4.41. The van der Waals surface area contributed by atoms with Crippen molar-refractivity contribution in [3.63, 3.8) is 0 Å². The molecule has 0 radical (unpaired) electrons. The lowest BCUT2D eigenvalue weighted by Crippen LogP contribution is -2.29. The summed E-state index contributed by atoms with van der Waals surface area (Å²) in [6, 6.07) is 8.71. The molecule has 1 aromatic carbocycles. The first-order valence-electron chi connectivity index (χ1n) is 7.71. The van der Waals surface area contributed by atoms with E-state index in [2.05, 4.69) is 46.1 Å². The second-order valence-electron chi connectivity index (χ2n) is 5.61. The van der Waals surface area contributed by atoms with E-state index in [1.165, 1.54) is 36.2 Å². The summed E-state index contributed by atoms with van der Waals surface area (Å²) in [7, 11) is 0. The van der Waals surface area contributed by atoms with Gasteiger partial charge in [-0.05, 0) is 37.4 Å². The highest BCUT2D eigenvalue weighted by Crippen LogP contribution is 2.27. The Morgan fingerprint density at radius 3 is 3.05 bits per heavy atom. The van der Waals surface area contributed by atoms with Crippen molar-refractivity contribution >= 4 is 0 Å². The van der Waals surface area contributed by atoms with E-state index in [0.717, 1.165) is 19.5 Å². The maximum atomic E-state index is 4.41. The van der Waals surface area contributed by atoms with Crippen molar-refractivity contribution < 1.29 is 0 Å². The maximum Gasteiger partial charge on any atom is 0.0994 e. The predicted molar refractivity (Wildman–Crippen MR) is 82.4 cm³/mol. The van der Waals surface area contributed by atoms with Crippen LogP contribution in [0.4, 0.5) is 0 Å². The molecule has 1 aliphatic heterocycles. The monoisotopic (exact) mass is 269 g/mol. The van der Waals surface area contributed by atoms with Crippen LogP contribution in [0, 0.1) is 0 Å². The predicted octanol–water partition coefficient (Wildman–Crippen LogP) is 3.29. The van der Waals surface area contributed by atoms with Gasteiger partial charge in [0.2, 0.25) is 0 Å². The average molecular weight is 269 g/mol. The Labute approximate surface area is 121 Å². The third kappa shape index (κ3) is 2.63. The van der Waals surface area contributed by atoms with E-state index in [-0.39, 0.29) is 0 Å². The van der Waals surface area contributed by atoms with Crippen molar-refractivity contribution in [3.05, 3.63) is 48.0 Å². The molecule has 1 N–H and O–H groups in total. The normalized spacial score (nSPS) is 19.1. The fraction of sp³-hybridized carbons (Fsp3) is 0.471. The van der Waals surface area contributed by atoms with E-state index in [0.29, 0.717) is 5.92 Å². The molecule has 3 rings (SSSR count). The molecule has 0 aliphatic carbocycles. The van der Waals surface area contributed by atoms with Crippen molar-refractivity contribution in [3.8, 4) is 5.69 Å². The van der Waals surface area contributed by atoms with E-state index in [9.17, 15) is 0 Å². The van der Waals surface area contributed by atoms with Crippen LogP contribution < -0.4 is 5.32 Å². The Balaban J connectivity index is 1.96. The summed E-state index contributed by atoms with van der Waals surface area (Å²) in [5.41, 5.74) is 4.06. The lowest BCUT2D eigenvalue weighted by Gasteiger charge is -2.24. The number of imidazole rings is 1. The number of piperidine rings is 1. The third-order valence-corrected chi connectivity index (χ3v) is 4.15. The first kappa shape index (κ1) is 13.4. The molecule has 1 fully saturated rings. The average Bonchev–Trinajstić information content (AvgIpc) is 2.98. The Kier molecular flexibility index (Phi) is 4.16. The molecule has 0 bridgehead atoms. The number of aryl methyl sites for hydroxylation is 1. The lowest BCUT2D eigenvalue weighted by molar-refractivity contribution is 0.451. The molecule has 2 heterocycles. The molecule has 106 valence electrons. The second kappa shape index (κ2) is 6.23. The summed E-state index contributed by atoms with van der Waals surface area (Å²) < 4.78 is 2.29. The van der Waals surface area contributed by atoms with Crippen LogP contribution in [0.25, 0.3) is 5.69 Å². The third-order valence-electron chi connectivity index (χ3n) is 4.15. The van der Waals surface area contributed by atoms with Crippen LogP contribution >= 0.6 is 0 Å². The number of hydrogen-bond acceptors (Lipinski definition) is 2. The van der Waals surface area contributed by atoms with Crippen LogP contribution in [0.1, 0.15) is 43.4 Å². The molecule has 0 saturated carbocycles. The van der Waals surface area contributed by atoms with Crippen LogP contribution in [0.5, 0.6) is 0 Å². The van der Waals surface area contributed by atoms with Crippen molar-refractivity contribution in [1.29, 1.82) is 0 Å². The summed E-state index contributed by atoms with van der Waals surface area (Å²) in [6.07, 6.45) is 8.82. The molecule has 1 aliphatic rings. The molecule has 3 heteroatoms. The zero-order chi connectivity index (χ0) is 13.8. The molecule has 3 nitrogen and oxygen atoms in total. The van der Waals surface area contributed by atoms with Gasteiger partial charge in [-0.1, -0.05) is 31.5 Å². The zero-order valence-corrected chi connectivity index (χ0v) is 12.2. The Bertz CT molecular complexity index is 553. The van der Waals surface area contributed by atoms with Gasteiger partial charge >= 0.3 is 0 Å². The molecular weight excluding hydrogens is 246 g/mol. The summed E-state index contributed by atoms with van der Waals surface area (Å²) >= 11 is 0. The van der Waals surface area contributed by atoms with E-state index in [1.54, 1.807) is 0 Å². The first-order chi connectivity index (χ1) is 9.90. The number of aromatic nitrogens is 2. The van der Waals surface area contributed by atoms with Gasteiger partial charge in [0.05, 0.1) is 6.33 Å². The van der Waals surface area contributed by atoms with E-state index in [4.69, 9.17) is 0 Å². The minimum atomic E-state index is 0.584. The fourth-order valence-electron chi connectivity index (χ4n) is 3.14. The van der Waals surface area contributed by atoms with Crippen molar-refractivity contribution in [2.75, 3.05) is 13.1 Å². The van der Waals surface area contributed by atoms with Gasteiger partial charge in [-0.25, -0.2) is 4.98 Å². The Morgan fingerprint density at radius 1 is 1.35 bits per heavy atom. The van der Waals surface area contributed by atoms with Gasteiger partial charge < -0.3 is 9.88 Å². The highest BCUT2D eigenvalue weighted by atomic mass is 15.1. The van der Waals surface area contributed by atoms with Crippen molar-refractivity contribution in [2.45, 2.75) is 38.5 Å². The SMILES string of the molecule is CCCc1ccccc1-n1cncc1C1CCCNC1. The minimum Gasteiger partial charge on any atom is -0.316 e. The Hall–Kier alpha value is -1.61. The number of benzene rings is 1. The molecular formula is C17H23N3. The molecule has 2 aromatic rings. The van der Waals surface area contributed by atoms with Crippen LogP contribution in [-0.2, 0) is 6.42 Å². The van der Waals surface area contributed by atoms with E-state index >= 15 is 0 Å². The van der Waals surface area contributed by atoms with Crippen LogP contribution in [0.15, 0.2) is 36.8 Å². The van der Waals surface area contributed by atoms with Crippen LogP contribution in [0.2, 0.25) is 0 Å². The minimum absolute atomic E-state index is 0.584. The van der Waals surface area contributed by atoms with Gasteiger partial charge in [0.25, 0.3) is 0 Å². The molecule has 1 saturated heterocycles. The maximum absolute atomic E-state index is 4.41. The largest absolute Gasteiger partial charge is 0.316 e. The topological polar surface area (TPSA) is 29.9 Å². The molecule has 20 heavy (non-hydrogen) atoms. The molecule has 1 unspecified atom stereocenters. The Morgan fingerprint density at radius 2 is 2.25 bits per heavy atom. The van der Waals surface area contributed by atoms with Crippen molar-refractivity contribution in [1.82, 2.24) is 14.9 Å². The van der Waals surface area contributed by atoms with Crippen molar-refractivity contribution in [2.24, 2.45) is 0 Å². The highest BCUT2D eigenvalue weighted by Gasteiger charge is 2.20. The number of nitrogens with zero attached hydrogens (tertiary/aromatic N) is 2. The number of para-hydroxylation sites is 1. The van der Waals surface area contributed by atoms with E-state index in [1.807, 2.05) is 12.5 Å². The highest BCUT2D eigenvalue weighted by molar-refractivity contribution is 5.43. The zero-order valence-electron chi connectivity index (χ0n) is 12.2. The van der Waals surface area contributed by atoms with E-state index < -0.39 is 0 Å². The summed E-state index contributed by atoms with van der Waals surface area (Å²) in [5.74, 6) is 0.584. The smallest absolute Gasteiger partial charge is 0.0994 e. The molecule has 0 amide bonds. The quantitative estimate of drug-likeness (QED) is 0.923. The molecule has 1 atom stereocenters. The van der Waals surface area contributed by atoms with Crippen LogP contribution in [0.3, 0.4) is 0 Å². The second-order valence-corrected chi connectivity index (χ2v) is 5.61. The summed E-state index contributed by atoms with van der Waals surface area (Å²) in [5, 5.41) is 3.50. The summed E-state index contributed by atoms with van der Waals surface area (Å²) in [6.45, 7) is 4.45. The molecule has 0 spiro atoms. The standard InChI is InChI=1S/C17H23N3/c1-2-6-14-7-3-4-9-16(14)20-13-19-12-17(20)15-8-5-10-18-11-15/h3-4,7,9,12-13,15,18H,2,5-6,8,10-11H2,1H3. The van der Waals surface area contributed by atoms with Gasteiger partial charge in [0.1, 0.15) is 0 Å². The number of hydrogen-bond donors (Lipinski definition) is 1. The number of nitrogens with one attached hydrogen (secondary N) is 1. The number of rotatable bonds is 4. The molecule has 1 aromatic heterocycles. The van der Waals surface area contributed by atoms with Gasteiger partial charge in [-0.3, -0.25) is 0 Å². The van der Waals surface area contributed by atoms with Gasteiger partial charge in [0, 0.05) is 30.0 Å². The van der Waals surface area contributed by atoms with Gasteiger partial charge in [-0.15, -0.1) is 0 Å². The van der Waals surface area contributed by atoms with Gasteiger partial charge in [0.15, 0.2) is 0 Å². The lowest BCUT2D eigenvalue weighted by atomic mass is 9.96.